The standard InChI is InChI=1S/C22H42N4/c1-20(2,3)25-13-9-22(10-14-25)16-24(17-22)15-21(4,5)26-12-6-7-18-19(26)8-11-23-18/h18-19,23H,6-17H2,1-5H3. The second kappa shape index (κ2) is 6.72. The van der Waals surface area contributed by atoms with Gasteiger partial charge in [0.05, 0.1) is 0 Å². The molecule has 2 unspecified atom stereocenters. The van der Waals surface area contributed by atoms with Crippen LogP contribution in [0, 0.1) is 5.41 Å². The third kappa shape index (κ3) is 3.59. The number of hydrogen-bond acceptors (Lipinski definition) is 4. The monoisotopic (exact) mass is 362 g/mol. The molecule has 0 radical (unpaired) electrons. The molecule has 0 aliphatic carbocycles. The molecule has 0 amide bonds. The first-order valence-corrected chi connectivity index (χ1v) is 11.2. The lowest BCUT2D eigenvalue weighted by molar-refractivity contribution is -0.0872. The zero-order chi connectivity index (χ0) is 18.6. The van der Waals surface area contributed by atoms with Gasteiger partial charge in [0.1, 0.15) is 0 Å². The predicted molar refractivity (Wildman–Crippen MR) is 110 cm³/mol. The van der Waals surface area contributed by atoms with Gasteiger partial charge in [0.15, 0.2) is 0 Å². The zero-order valence-corrected chi connectivity index (χ0v) is 18.0. The Hall–Kier alpha value is -0.160. The van der Waals surface area contributed by atoms with E-state index < -0.39 is 0 Å². The largest absolute Gasteiger partial charge is 0.312 e. The molecule has 4 fully saturated rings. The predicted octanol–water partition coefficient (Wildman–Crippen LogP) is 2.79. The first-order chi connectivity index (χ1) is 12.2. The van der Waals surface area contributed by atoms with E-state index in [1.54, 1.807) is 0 Å². The van der Waals surface area contributed by atoms with Crippen LogP contribution in [0.1, 0.15) is 66.7 Å². The lowest BCUT2D eigenvalue weighted by Gasteiger charge is -2.58. The SMILES string of the molecule is CC(C)(C)N1CCC2(CC1)CN(CC(C)(C)N1CCCC3NCCC31)C2. The van der Waals surface area contributed by atoms with Gasteiger partial charge in [-0.2, -0.15) is 0 Å². The van der Waals surface area contributed by atoms with Crippen LogP contribution in [0.3, 0.4) is 0 Å². The van der Waals surface area contributed by atoms with Crippen molar-refractivity contribution in [3.63, 3.8) is 0 Å². The molecule has 4 nitrogen and oxygen atoms in total. The molecule has 4 heteroatoms. The van der Waals surface area contributed by atoms with Gasteiger partial charge in [-0.3, -0.25) is 9.80 Å². The Balaban J connectivity index is 1.30. The van der Waals surface area contributed by atoms with E-state index in [1.165, 1.54) is 77.9 Å². The summed E-state index contributed by atoms with van der Waals surface area (Å²) < 4.78 is 0. The number of nitrogens with zero attached hydrogens (tertiary/aromatic N) is 3. The number of piperidine rings is 2. The van der Waals surface area contributed by atoms with Crippen molar-refractivity contribution in [3.8, 4) is 0 Å². The highest BCUT2D eigenvalue weighted by molar-refractivity contribution is 5.04. The third-order valence-corrected chi connectivity index (χ3v) is 7.90. The fraction of sp³-hybridized carbons (Fsp3) is 1.00. The summed E-state index contributed by atoms with van der Waals surface area (Å²) in [6, 6.07) is 1.54. The van der Waals surface area contributed by atoms with Crippen LogP contribution in [0.5, 0.6) is 0 Å². The van der Waals surface area contributed by atoms with Crippen LogP contribution in [-0.2, 0) is 0 Å². The molecule has 150 valence electrons. The summed E-state index contributed by atoms with van der Waals surface area (Å²) in [5, 5.41) is 3.74. The van der Waals surface area contributed by atoms with Gasteiger partial charge in [-0.25, -0.2) is 0 Å². The van der Waals surface area contributed by atoms with Gasteiger partial charge in [-0.05, 0) is 98.3 Å². The highest BCUT2D eigenvalue weighted by atomic mass is 15.3. The fourth-order valence-corrected chi connectivity index (χ4v) is 6.44. The van der Waals surface area contributed by atoms with Crippen molar-refractivity contribution >= 4 is 0 Å². The van der Waals surface area contributed by atoms with Gasteiger partial charge in [0.2, 0.25) is 0 Å². The molecule has 1 spiro atoms. The minimum absolute atomic E-state index is 0.309. The van der Waals surface area contributed by atoms with Gasteiger partial charge in [-0.1, -0.05) is 0 Å². The summed E-state index contributed by atoms with van der Waals surface area (Å²) in [6.07, 6.45) is 6.90. The summed E-state index contributed by atoms with van der Waals surface area (Å²) in [5.74, 6) is 0. The quantitative estimate of drug-likeness (QED) is 0.833. The van der Waals surface area contributed by atoms with Crippen molar-refractivity contribution < 1.29 is 0 Å². The number of hydrogen-bond donors (Lipinski definition) is 1. The number of rotatable bonds is 3. The summed E-state index contributed by atoms with van der Waals surface area (Å²) in [5.41, 5.74) is 1.29. The first-order valence-electron chi connectivity index (χ1n) is 11.2. The maximum atomic E-state index is 3.74. The van der Waals surface area contributed by atoms with E-state index in [2.05, 4.69) is 54.6 Å². The average molecular weight is 363 g/mol. The van der Waals surface area contributed by atoms with Crippen LogP contribution in [0.15, 0.2) is 0 Å². The number of nitrogens with one attached hydrogen (secondary N) is 1. The lowest BCUT2D eigenvalue weighted by Crippen LogP contribution is -2.67. The minimum atomic E-state index is 0.309. The van der Waals surface area contributed by atoms with E-state index in [0.29, 0.717) is 16.5 Å². The Kier molecular flexibility index (Phi) is 4.95. The van der Waals surface area contributed by atoms with Gasteiger partial charge in [0, 0.05) is 42.8 Å². The average Bonchev–Trinajstić information content (AvgIpc) is 3.01. The van der Waals surface area contributed by atoms with Gasteiger partial charge in [0.25, 0.3) is 0 Å². The Labute approximate surface area is 161 Å². The Morgan fingerprint density at radius 1 is 0.962 bits per heavy atom. The topological polar surface area (TPSA) is 21.8 Å². The van der Waals surface area contributed by atoms with Crippen LogP contribution in [0.2, 0.25) is 0 Å². The van der Waals surface area contributed by atoms with Crippen LogP contribution < -0.4 is 5.32 Å². The first kappa shape index (κ1) is 19.2. The molecule has 4 heterocycles. The van der Waals surface area contributed by atoms with Crippen molar-refractivity contribution in [1.29, 1.82) is 0 Å². The van der Waals surface area contributed by atoms with Gasteiger partial charge < -0.3 is 10.2 Å². The lowest BCUT2D eigenvalue weighted by atomic mass is 9.71. The molecule has 0 saturated carbocycles. The van der Waals surface area contributed by atoms with Gasteiger partial charge >= 0.3 is 0 Å². The Morgan fingerprint density at radius 2 is 1.65 bits per heavy atom. The van der Waals surface area contributed by atoms with Crippen LogP contribution in [-0.4, -0.2) is 83.7 Å². The molecule has 0 bridgehead atoms. The van der Waals surface area contributed by atoms with E-state index in [1.807, 2.05) is 0 Å². The van der Waals surface area contributed by atoms with Crippen molar-refractivity contribution in [2.24, 2.45) is 5.41 Å². The smallest absolute Gasteiger partial charge is 0.0283 e. The summed E-state index contributed by atoms with van der Waals surface area (Å²) >= 11 is 0. The second-order valence-corrected chi connectivity index (χ2v) is 11.4. The van der Waals surface area contributed by atoms with E-state index in [4.69, 9.17) is 0 Å². The van der Waals surface area contributed by atoms with E-state index in [0.717, 1.165) is 12.1 Å². The molecule has 2 atom stereocenters. The maximum absolute atomic E-state index is 3.74. The minimum Gasteiger partial charge on any atom is -0.312 e. The molecule has 0 aromatic heterocycles. The maximum Gasteiger partial charge on any atom is 0.0283 e. The molecule has 4 saturated heterocycles. The van der Waals surface area contributed by atoms with E-state index in [9.17, 15) is 0 Å². The van der Waals surface area contributed by atoms with Crippen molar-refractivity contribution in [3.05, 3.63) is 0 Å². The molecule has 26 heavy (non-hydrogen) atoms. The highest BCUT2D eigenvalue weighted by Crippen LogP contribution is 2.43. The van der Waals surface area contributed by atoms with Crippen molar-refractivity contribution in [2.45, 2.75) is 89.9 Å². The van der Waals surface area contributed by atoms with Crippen LogP contribution >= 0.6 is 0 Å². The van der Waals surface area contributed by atoms with Crippen LogP contribution in [0.4, 0.5) is 0 Å². The molecule has 4 aliphatic rings. The fourth-order valence-electron chi connectivity index (χ4n) is 6.44. The number of fused-ring (bicyclic) bond motifs is 1. The molecular formula is C22H42N4. The Bertz CT molecular complexity index is 493. The summed E-state index contributed by atoms with van der Waals surface area (Å²) in [4.78, 5) is 8.30. The van der Waals surface area contributed by atoms with E-state index in [-0.39, 0.29) is 0 Å². The highest BCUT2D eigenvalue weighted by Gasteiger charge is 2.49. The van der Waals surface area contributed by atoms with E-state index >= 15 is 0 Å². The molecule has 0 aromatic carbocycles. The normalized spacial score (nSPS) is 34.0. The van der Waals surface area contributed by atoms with Crippen LogP contribution in [0.25, 0.3) is 0 Å². The molecule has 0 aromatic rings. The molecule has 4 rings (SSSR count). The van der Waals surface area contributed by atoms with Crippen molar-refractivity contribution in [1.82, 2.24) is 20.0 Å². The summed E-state index contributed by atoms with van der Waals surface area (Å²) in [7, 11) is 0. The van der Waals surface area contributed by atoms with Crippen molar-refractivity contribution in [2.75, 3.05) is 45.8 Å². The summed E-state index contributed by atoms with van der Waals surface area (Å²) in [6.45, 7) is 21.1. The zero-order valence-electron chi connectivity index (χ0n) is 18.0. The second-order valence-electron chi connectivity index (χ2n) is 11.4. The van der Waals surface area contributed by atoms with Gasteiger partial charge in [-0.15, -0.1) is 0 Å². The Morgan fingerprint density at radius 3 is 2.31 bits per heavy atom. The molecule has 4 aliphatic heterocycles. The molecule has 1 N–H and O–H groups in total. The third-order valence-electron chi connectivity index (χ3n) is 7.90. The molecular weight excluding hydrogens is 320 g/mol. The number of likely N-dealkylation sites (tertiary alicyclic amines) is 3.